The predicted molar refractivity (Wildman–Crippen MR) is 92.9 cm³/mol. The maximum Gasteiger partial charge on any atom is 0.337 e. The summed E-state index contributed by atoms with van der Waals surface area (Å²) in [5, 5.41) is 5.32. The van der Waals surface area contributed by atoms with Gasteiger partial charge in [0.25, 0.3) is 5.91 Å². The van der Waals surface area contributed by atoms with E-state index in [1.165, 1.54) is 0 Å². The number of thiocarbonyl (C=S) groups is 1. The smallest absolute Gasteiger partial charge is 0.337 e. The Hall–Kier alpha value is -3.13. The Labute approximate surface area is 138 Å². The zero-order valence-electron chi connectivity index (χ0n) is 12.0. The van der Waals surface area contributed by atoms with E-state index in [2.05, 4.69) is 21.5 Å². The Balaban J connectivity index is 1.94. The van der Waals surface area contributed by atoms with Crippen molar-refractivity contribution in [1.82, 2.24) is 10.9 Å². The molecule has 0 saturated heterocycles. The second-order valence-electron chi connectivity index (χ2n) is 4.43. The maximum atomic E-state index is 12.1. The van der Waals surface area contributed by atoms with Crippen molar-refractivity contribution < 1.29 is 9.59 Å². The number of anilines is 2. The fourth-order valence-corrected chi connectivity index (χ4v) is 1.90. The number of nitrogens with two attached hydrogens (primary N) is 1. The molecule has 0 heterocycles. The molecule has 0 aromatic heterocycles. The third kappa shape index (κ3) is 4.97. The third-order valence-corrected chi connectivity index (χ3v) is 2.85. The minimum atomic E-state index is -0.565. The van der Waals surface area contributed by atoms with Crippen LogP contribution in [0.15, 0.2) is 54.6 Å². The molecule has 0 radical (unpaired) electrons. The SMILES string of the molecule is NC(=S)Nc1ccccc1C(=O)NNC(=O)Nc1ccccc1. The summed E-state index contributed by atoms with van der Waals surface area (Å²) in [5.74, 6) is -0.507. The average Bonchev–Trinajstić information content (AvgIpc) is 2.53. The van der Waals surface area contributed by atoms with E-state index in [1.807, 2.05) is 6.07 Å². The van der Waals surface area contributed by atoms with Crippen molar-refractivity contribution in [1.29, 1.82) is 0 Å². The average molecular weight is 329 g/mol. The number of amides is 3. The summed E-state index contributed by atoms with van der Waals surface area (Å²) in [6, 6.07) is 14.9. The number of nitrogens with one attached hydrogen (secondary N) is 4. The van der Waals surface area contributed by atoms with E-state index in [0.717, 1.165) is 0 Å². The van der Waals surface area contributed by atoms with Crippen LogP contribution in [0, 0.1) is 0 Å². The fraction of sp³-hybridized carbons (Fsp3) is 0. The minimum Gasteiger partial charge on any atom is -0.376 e. The molecule has 3 amide bonds. The highest BCUT2D eigenvalue weighted by atomic mass is 32.1. The molecule has 7 nitrogen and oxygen atoms in total. The molecule has 8 heteroatoms. The van der Waals surface area contributed by atoms with Gasteiger partial charge in [0.15, 0.2) is 5.11 Å². The van der Waals surface area contributed by atoms with Gasteiger partial charge in [0, 0.05) is 5.69 Å². The molecular formula is C15H15N5O2S. The molecule has 0 fully saturated rings. The van der Waals surface area contributed by atoms with Gasteiger partial charge in [-0.2, -0.15) is 0 Å². The van der Waals surface area contributed by atoms with Gasteiger partial charge >= 0.3 is 6.03 Å². The summed E-state index contributed by atoms with van der Waals surface area (Å²) < 4.78 is 0. The van der Waals surface area contributed by atoms with Gasteiger partial charge in [-0.15, -0.1) is 0 Å². The fourth-order valence-electron chi connectivity index (χ4n) is 1.79. The largest absolute Gasteiger partial charge is 0.376 e. The van der Waals surface area contributed by atoms with Gasteiger partial charge in [0.2, 0.25) is 0 Å². The zero-order chi connectivity index (χ0) is 16.7. The van der Waals surface area contributed by atoms with Crippen molar-refractivity contribution in [2.75, 3.05) is 10.6 Å². The molecule has 0 bridgehead atoms. The Bertz CT molecular complexity index is 721. The lowest BCUT2D eigenvalue weighted by atomic mass is 10.1. The highest BCUT2D eigenvalue weighted by molar-refractivity contribution is 7.80. The van der Waals surface area contributed by atoms with Gasteiger partial charge in [0.1, 0.15) is 0 Å². The van der Waals surface area contributed by atoms with E-state index in [-0.39, 0.29) is 5.11 Å². The van der Waals surface area contributed by atoms with Crippen molar-refractivity contribution in [3.05, 3.63) is 60.2 Å². The van der Waals surface area contributed by atoms with Crippen LogP contribution in [0.2, 0.25) is 0 Å². The topological polar surface area (TPSA) is 108 Å². The van der Waals surface area contributed by atoms with Gasteiger partial charge in [-0.25, -0.2) is 10.2 Å². The predicted octanol–water partition coefficient (Wildman–Crippen LogP) is 1.81. The molecule has 2 rings (SSSR count). The number of hydrogen-bond acceptors (Lipinski definition) is 3. The number of carbonyl (C=O) groups is 2. The number of hydrazine groups is 1. The molecule has 2 aromatic rings. The summed E-state index contributed by atoms with van der Waals surface area (Å²) >= 11 is 4.76. The highest BCUT2D eigenvalue weighted by Crippen LogP contribution is 2.14. The lowest BCUT2D eigenvalue weighted by Crippen LogP contribution is -2.44. The van der Waals surface area contributed by atoms with Crippen molar-refractivity contribution in [2.45, 2.75) is 0 Å². The molecule has 2 aromatic carbocycles. The lowest BCUT2D eigenvalue weighted by molar-refractivity contribution is 0.0939. The van der Waals surface area contributed by atoms with Gasteiger partial charge in [-0.05, 0) is 36.5 Å². The van der Waals surface area contributed by atoms with Crippen LogP contribution in [-0.2, 0) is 0 Å². The van der Waals surface area contributed by atoms with Crippen LogP contribution >= 0.6 is 12.2 Å². The van der Waals surface area contributed by atoms with Crippen LogP contribution in [-0.4, -0.2) is 17.1 Å². The summed E-state index contributed by atoms with van der Waals surface area (Å²) in [5.41, 5.74) is 11.3. The first kappa shape index (κ1) is 16.2. The Morgan fingerprint density at radius 3 is 2.22 bits per heavy atom. The van der Waals surface area contributed by atoms with Crippen molar-refractivity contribution in [3.63, 3.8) is 0 Å². The first-order valence-corrected chi connectivity index (χ1v) is 7.05. The number of urea groups is 1. The molecule has 0 aliphatic carbocycles. The normalized spacial score (nSPS) is 9.57. The summed E-state index contributed by atoms with van der Waals surface area (Å²) in [7, 11) is 0. The molecule has 0 atom stereocenters. The van der Waals surface area contributed by atoms with E-state index in [9.17, 15) is 9.59 Å². The van der Waals surface area contributed by atoms with Crippen LogP contribution in [0.4, 0.5) is 16.2 Å². The van der Waals surface area contributed by atoms with Crippen LogP contribution in [0.25, 0.3) is 0 Å². The monoisotopic (exact) mass is 329 g/mol. The van der Waals surface area contributed by atoms with Crippen molar-refractivity contribution >= 4 is 40.6 Å². The molecular weight excluding hydrogens is 314 g/mol. The number of benzene rings is 2. The highest BCUT2D eigenvalue weighted by Gasteiger charge is 2.12. The second kappa shape index (κ2) is 7.76. The molecule has 23 heavy (non-hydrogen) atoms. The molecule has 0 saturated carbocycles. The lowest BCUT2D eigenvalue weighted by Gasteiger charge is -2.12. The molecule has 6 N–H and O–H groups in total. The van der Waals surface area contributed by atoms with Crippen molar-refractivity contribution in [2.24, 2.45) is 5.73 Å². The first-order chi connectivity index (χ1) is 11.1. The van der Waals surface area contributed by atoms with Crippen molar-refractivity contribution in [3.8, 4) is 0 Å². The molecule has 0 aliphatic heterocycles. The third-order valence-electron chi connectivity index (χ3n) is 2.75. The maximum absolute atomic E-state index is 12.1. The Kier molecular flexibility index (Phi) is 5.48. The Morgan fingerprint density at radius 2 is 1.52 bits per heavy atom. The number of rotatable bonds is 3. The van der Waals surface area contributed by atoms with E-state index < -0.39 is 11.9 Å². The summed E-state index contributed by atoms with van der Waals surface area (Å²) in [6.07, 6.45) is 0. The van der Waals surface area contributed by atoms with Crippen LogP contribution in [0.5, 0.6) is 0 Å². The summed E-state index contributed by atoms with van der Waals surface area (Å²) in [6.45, 7) is 0. The molecule has 0 unspecified atom stereocenters. The van der Waals surface area contributed by atoms with E-state index in [1.54, 1.807) is 48.5 Å². The number of carbonyl (C=O) groups excluding carboxylic acids is 2. The molecule has 0 aliphatic rings. The van der Waals surface area contributed by atoms with E-state index >= 15 is 0 Å². The first-order valence-electron chi connectivity index (χ1n) is 6.64. The number of hydrogen-bond donors (Lipinski definition) is 5. The van der Waals surface area contributed by atoms with Gasteiger partial charge in [-0.3, -0.25) is 10.2 Å². The van der Waals surface area contributed by atoms with Crippen LogP contribution < -0.4 is 27.2 Å². The molecule has 118 valence electrons. The Morgan fingerprint density at radius 1 is 0.870 bits per heavy atom. The number of para-hydroxylation sites is 2. The van der Waals surface area contributed by atoms with E-state index in [4.69, 9.17) is 18.0 Å². The van der Waals surface area contributed by atoms with Crippen LogP contribution in [0.1, 0.15) is 10.4 Å². The van der Waals surface area contributed by atoms with Gasteiger partial charge in [-0.1, -0.05) is 30.3 Å². The quantitative estimate of drug-likeness (QED) is 0.436. The van der Waals surface area contributed by atoms with Gasteiger partial charge in [0.05, 0.1) is 11.3 Å². The summed E-state index contributed by atoms with van der Waals surface area (Å²) in [4.78, 5) is 23.8. The van der Waals surface area contributed by atoms with E-state index in [0.29, 0.717) is 16.9 Å². The zero-order valence-corrected chi connectivity index (χ0v) is 12.8. The standard InChI is InChI=1S/C15H15N5O2S/c16-14(23)18-12-9-5-4-8-11(12)13(21)19-20-15(22)17-10-6-2-1-3-7-10/h1-9H,(H,19,21)(H3,16,18,23)(H2,17,20,22). The van der Waals surface area contributed by atoms with Crippen LogP contribution in [0.3, 0.4) is 0 Å². The second-order valence-corrected chi connectivity index (χ2v) is 4.87. The molecule has 0 spiro atoms. The minimum absolute atomic E-state index is 0.0417. The van der Waals surface area contributed by atoms with Gasteiger partial charge < -0.3 is 16.4 Å².